The van der Waals surface area contributed by atoms with Crippen LogP contribution >= 0.6 is 0 Å². The van der Waals surface area contributed by atoms with Gasteiger partial charge in [0.25, 0.3) is 0 Å². The molecule has 2 rings (SSSR count). The van der Waals surface area contributed by atoms with Crippen molar-refractivity contribution in [2.24, 2.45) is 0 Å². The number of carbonyl (C=O) groups is 1. The Bertz CT molecular complexity index is 618. The molecule has 0 bridgehead atoms. The highest BCUT2D eigenvalue weighted by atomic mass is 16.4. The Morgan fingerprint density at radius 1 is 1.23 bits per heavy atom. The van der Waals surface area contributed by atoms with Gasteiger partial charge in [0.1, 0.15) is 11.3 Å². The molecule has 0 fully saturated rings. The molecule has 0 saturated heterocycles. The first-order valence-corrected chi connectivity index (χ1v) is 8.09. The molecule has 22 heavy (non-hydrogen) atoms. The average Bonchev–Trinajstić information content (AvgIpc) is 2.83. The van der Waals surface area contributed by atoms with Crippen molar-refractivity contribution in [3.05, 3.63) is 35.6 Å². The smallest absolute Gasteiger partial charge is 0.317 e. The molecule has 120 valence electrons. The van der Waals surface area contributed by atoms with E-state index in [0.29, 0.717) is 6.54 Å². The van der Waals surface area contributed by atoms with Crippen LogP contribution in [-0.4, -0.2) is 29.1 Å². The number of fused-ring (bicyclic) bond motifs is 1. The Morgan fingerprint density at radius 3 is 2.68 bits per heavy atom. The molecule has 1 aromatic heterocycles. The Kier molecular flexibility index (Phi) is 6.01. The van der Waals surface area contributed by atoms with E-state index in [-0.39, 0.29) is 6.54 Å². The van der Waals surface area contributed by atoms with E-state index in [4.69, 9.17) is 9.52 Å². The number of aliphatic carboxylic acids is 1. The standard InChI is InChI=1S/C18H25NO3/c1-3-5-9-17-15(12-19(11-4-2)13-18(20)21)14-8-6-7-10-16(14)22-17/h6-8,10H,3-5,9,11-13H2,1-2H3,(H,20,21). The van der Waals surface area contributed by atoms with Gasteiger partial charge in [0.15, 0.2) is 0 Å². The van der Waals surface area contributed by atoms with Gasteiger partial charge >= 0.3 is 5.97 Å². The van der Waals surface area contributed by atoms with Gasteiger partial charge in [-0.15, -0.1) is 0 Å². The molecule has 4 heteroatoms. The first-order valence-electron chi connectivity index (χ1n) is 8.09. The number of benzene rings is 1. The van der Waals surface area contributed by atoms with Gasteiger partial charge in [-0.3, -0.25) is 9.69 Å². The zero-order valence-electron chi connectivity index (χ0n) is 13.5. The summed E-state index contributed by atoms with van der Waals surface area (Å²) in [6, 6.07) is 8.02. The third-order valence-electron chi connectivity index (χ3n) is 3.82. The maximum absolute atomic E-state index is 11.1. The second kappa shape index (κ2) is 7.99. The number of carboxylic acid groups (broad SMARTS) is 1. The monoisotopic (exact) mass is 303 g/mol. The number of carboxylic acids is 1. The lowest BCUT2D eigenvalue weighted by molar-refractivity contribution is -0.138. The molecule has 0 unspecified atom stereocenters. The number of furan rings is 1. The van der Waals surface area contributed by atoms with Crippen LogP contribution < -0.4 is 0 Å². The Balaban J connectivity index is 2.31. The van der Waals surface area contributed by atoms with E-state index in [2.05, 4.69) is 19.9 Å². The average molecular weight is 303 g/mol. The van der Waals surface area contributed by atoms with Crippen molar-refractivity contribution in [2.45, 2.75) is 46.1 Å². The van der Waals surface area contributed by atoms with Crippen molar-refractivity contribution in [3.8, 4) is 0 Å². The molecule has 2 aromatic rings. The number of aryl methyl sites for hydroxylation is 1. The normalized spacial score (nSPS) is 11.4. The van der Waals surface area contributed by atoms with Crippen molar-refractivity contribution in [3.63, 3.8) is 0 Å². The number of nitrogens with zero attached hydrogens (tertiary/aromatic N) is 1. The molecule has 0 radical (unpaired) electrons. The summed E-state index contributed by atoms with van der Waals surface area (Å²) in [6.07, 6.45) is 4.05. The molecule has 1 heterocycles. The molecule has 1 aromatic carbocycles. The van der Waals surface area contributed by atoms with Crippen molar-refractivity contribution >= 4 is 16.9 Å². The first-order chi connectivity index (χ1) is 10.7. The summed E-state index contributed by atoms with van der Waals surface area (Å²) < 4.78 is 6.01. The van der Waals surface area contributed by atoms with Crippen molar-refractivity contribution in [1.29, 1.82) is 0 Å². The van der Waals surface area contributed by atoms with Crippen LogP contribution in [0.25, 0.3) is 11.0 Å². The lowest BCUT2D eigenvalue weighted by Gasteiger charge is -2.19. The second-order valence-electron chi connectivity index (χ2n) is 5.71. The zero-order valence-corrected chi connectivity index (χ0v) is 13.5. The van der Waals surface area contributed by atoms with Crippen LogP contribution in [0, 0.1) is 0 Å². The fourth-order valence-electron chi connectivity index (χ4n) is 2.81. The van der Waals surface area contributed by atoms with Crippen molar-refractivity contribution in [1.82, 2.24) is 4.90 Å². The van der Waals surface area contributed by atoms with Gasteiger partial charge in [0.2, 0.25) is 0 Å². The van der Waals surface area contributed by atoms with Crippen LogP contribution in [0.3, 0.4) is 0 Å². The zero-order chi connectivity index (χ0) is 15.9. The molecule has 0 aliphatic rings. The molecule has 0 amide bonds. The third-order valence-corrected chi connectivity index (χ3v) is 3.82. The van der Waals surface area contributed by atoms with E-state index in [1.54, 1.807) is 0 Å². The molecule has 0 aliphatic heterocycles. The lowest BCUT2D eigenvalue weighted by atomic mass is 10.1. The van der Waals surface area contributed by atoms with Gasteiger partial charge in [-0.2, -0.15) is 0 Å². The van der Waals surface area contributed by atoms with E-state index in [1.165, 1.54) is 0 Å². The summed E-state index contributed by atoms with van der Waals surface area (Å²) in [6.45, 7) is 5.71. The van der Waals surface area contributed by atoms with E-state index >= 15 is 0 Å². The minimum absolute atomic E-state index is 0.0700. The fourth-order valence-corrected chi connectivity index (χ4v) is 2.81. The summed E-state index contributed by atoms with van der Waals surface area (Å²) >= 11 is 0. The topological polar surface area (TPSA) is 53.7 Å². The van der Waals surface area contributed by atoms with Crippen LogP contribution in [0.1, 0.15) is 44.4 Å². The van der Waals surface area contributed by atoms with Crippen LogP contribution in [0.5, 0.6) is 0 Å². The first kappa shape index (κ1) is 16.6. The highest BCUT2D eigenvalue weighted by Gasteiger charge is 2.17. The predicted molar refractivity (Wildman–Crippen MR) is 88.0 cm³/mol. The third kappa shape index (κ3) is 4.10. The highest BCUT2D eigenvalue weighted by Crippen LogP contribution is 2.28. The molecule has 4 nitrogen and oxygen atoms in total. The molecule has 0 saturated carbocycles. The van der Waals surface area contributed by atoms with Gasteiger partial charge in [0.05, 0.1) is 6.54 Å². The molecular weight excluding hydrogens is 278 g/mol. The summed E-state index contributed by atoms with van der Waals surface area (Å²) in [5.74, 6) is 0.228. The van der Waals surface area contributed by atoms with Crippen LogP contribution in [0.15, 0.2) is 28.7 Å². The van der Waals surface area contributed by atoms with E-state index in [9.17, 15) is 4.79 Å². The SMILES string of the molecule is CCCCc1oc2ccccc2c1CN(CCC)CC(=O)O. The second-order valence-corrected chi connectivity index (χ2v) is 5.71. The van der Waals surface area contributed by atoms with Gasteiger partial charge in [-0.25, -0.2) is 0 Å². The van der Waals surface area contributed by atoms with Gasteiger partial charge < -0.3 is 9.52 Å². The van der Waals surface area contributed by atoms with Crippen LogP contribution in [0.2, 0.25) is 0 Å². The van der Waals surface area contributed by atoms with Crippen LogP contribution in [0.4, 0.5) is 0 Å². The Labute approximate surface area is 131 Å². The van der Waals surface area contributed by atoms with Gasteiger partial charge in [0, 0.05) is 23.9 Å². The summed E-state index contributed by atoms with van der Waals surface area (Å²) in [5.41, 5.74) is 2.05. The van der Waals surface area contributed by atoms with Gasteiger partial charge in [-0.1, -0.05) is 38.5 Å². The van der Waals surface area contributed by atoms with Crippen molar-refractivity contribution < 1.29 is 14.3 Å². The molecule has 0 atom stereocenters. The van der Waals surface area contributed by atoms with E-state index < -0.39 is 5.97 Å². The molecule has 0 aliphatic carbocycles. The van der Waals surface area contributed by atoms with E-state index in [1.807, 2.05) is 23.1 Å². The maximum atomic E-state index is 11.1. The predicted octanol–water partition coefficient (Wildman–Crippen LogP) is 4.07. The lowest BCUT2D eigenvalue weighted by Crippen LogP contribution is -2.30. The summed E-state index contributed by atoms with van der Waals surface area (Å²) in [7, 11) is 0. The molecule has 0 spiro atoms. The highest BCUT2D eigenvalue weighted by molar-refractivity contribution is 5.82. The minimum atomic E-state index is -0.781. The van der Waals surface area contributed by atoms with E-state index in [0.717, 1.165) is 54.5 Å². The number of hydrogen-bond acceptors (Lipinski definition) is 3. The number of unbranched alkanes of at least 4 members (excludes halogenated alkanes) is 1. The van der Waals surface area contributed by atoms with Crippen LogP contribution in [-0.2, 0) is 17.8 Å². The Hall–Kier alpha value is -1.81. The molecule has 1 N–H and O–H groups in total. The van der Waals surface area contributed by atoms with Crippen molar-refractivity contribution in [2.75, 3.05) is 13.1 Å². The number of para-hydroxylation sites is 1. The molecular formula is C18H25NO3. The fraction of sp³-hybridized carbons (Fsp3) is 0.500. The number of rotatable bonds is 9. The number of hydrogen-bond donors (Lipinski definition) is 1. The Morgan fingerprint density at radius 2 is 2.00 bits per heavy atom. The minimum Gasteiger partial charge on any atom is -0.480 e. The maximum Gasteiger partial charge on any atom is 0.317 e. The summed E-state index contributed by atoms with van der Waals surface area (Å²) in [4.78, 5) is 13.0. The quantitative estimate of drug-likeness (QED) is 0.758. The van der Waals surface area contributed by atoms with Gasteiger partial charge in [-0.05, 0) is 25.5 Å². The largest absolute Gasteiger partial charge is 0.480 e. The summed E-state index contributed by atoms with van der Waals surface area (Å²) in [5, 5.41) is 10.2.